The normalized spacial score (nSPS) is 14.3. The van der Waals surface area contributed by atoms with Crippen LogP contribution in [-0.4, -0.2) is 44.7 Å². The minimum absolute atomic E-state index is 0.0142. The number of hydrogen-bond donors (Lipinski definition) is 3. The summed E-state index contributed by atoms with van der Waals surface area (Å²) in [6.07, 6.45) is 3.67. The predicted molar refractivity (Wildman–Crippen MR) is 143 cm³/mol. The molecule has 3 heterocycles. The Kier molecular flexibility index (Phi) is 6.52. The van der Waals surface area contributed by atoms with Gasteiger partial charge >= 0.3 is 0 Å². The second-order valence-corrected chi connectivity index (χ2v) is 9.16. The summed E-state index contributed by atoms with van der Waals surface area (Å²) in [5.74, 6) is -0.591. The minimum Gasteiger partial charge on any atom is -0.494 e. The highest BCUT2D eigenvalue weighted by Gasteiger charge is 2.26. The zero-order chi connectivity index (χ0) is 30.0. The van der Waals surface area contributed by atoms with Crippen molar-refractivity contribution in [1.29, 1.82) is 0 Å². The van der Waals surface area contributed by atoms with Crippen molar-refractivity contribution in [2.75, 3.05) is 25.1 Å². The molecule has 0 spiro atoms. The standard InChI is InChI=1S/C26H26ClFN8O3/c1-30-26(37)16-5-7-21(27)34-25(16)33-19-10-14(11-39-12-20-18(28)6-8-22(29)32-20)9-17(23(19)38-2)24-31-13-36(35-24)15-3-4-15/h5-10,13,15H,3-4,11-12H2,1-2H3,(H2,29,32)(H,30,37)(H,33,34)/i1D3. The Labute approximate surface area is 232 Å². The molecule has 202 valence electrons. The van der Waals surface area contributed by atoms with Gasteiger partial charge in [-0.05, 0) is 54.8 Å². The van der Waals surface area contributed by atoms with Crippen LogP contribution in [0.15, 0.2) is 42.7 Å². The molecule has 1 aliphatic rings. The maximum absolute atomic E-state index is 14.2. The monoisotopic (exact) mass is 555 g/mol. The lowest BCUT2D eigenvalue weighted by Gasteiger charge is -2.17. The molecule has 5 rings (SSSR count). The van der Waals surface area contributed by atoms with Crippen molar-refractivity contribution in [3.8, 4) is 17.1 Å². The van der Waals surface area contributed by atoms with Gasteiger partial charge in [0.25, 0.3) is 5.91 Å². The molecule has 1 saturated carbocycles. The number of methoxy groups -OCH3 is 1. The largest absolute Gasteiger partial charge is 0.494 e. The number of benzene rings is 1. The number of nitrogens with one attached hydrogen (secondary N) is 2. The molecule has 11 nitrogen and oxygen atoms in total. The zero-order valence-electron chi connectivity index (χ0n) is 23.7. The van der Waals surface area contributed by atoms with Crippen LogP contribution < -0.4 is 21.1 Å². The number of rotatable bonds is 10. The Hall–Kier alpha value is -4.29. The number of halogens is 2. The molecule has 4 aromatic rings. The molecule has 1 aliphatic carbocycles. The summed E-state index contributed by atoms with van der Waals surface area (Å²) in [6.45, 7) is -2.86. The number of aromatic nitrogens is 5. The quantitative estimate of drug-likeness (QED) is 0.244. The predicted octanol–water partition coefficient (Wildman–Crippen LogP) is 4.27. The smallest absolute Gasteiger partial charge is 0.254 e. The molecule has 1 amide bonds. The molecule has 1 fully saturated rings. The highest BCUT2D eigenvalue weighted by Crippen LogP contribution is 2.40. The first kappa shape index (κ1) is 22.7. The summed E-state index contributed by atoms with van der Waals surface area (Å²) in [6, 6.07) is 9.03. The van der Waals surface area contributed by atoms with Gasteiger partial charge in [-0.2, -0.15) is 5.10 Å². The van der Waals surface area contributed by atoms with Crippen LogP contribution in [0.4, 0.5) is 21.7 Å². The highest BCUT2D eigenvalue weighted by molar-refractivity contribution is 6.29. The molecule has 3 aromatic heterocycles. The summed E-state index contributed by atoms with van der Waals surface area (Å²) in [4.78, 5) is 25.4. The molecule has 4 N–H and O–H groups in total. The van der Waals surface area contributed by atoms with Gasteiger partial charge in [0.15, 0.2) is 11.6 Å². The maximum Gasteiger partial charge on any atom is 0.254 e. The molecular weight excluding hydrogens is 527 g/mol. The first-order valence-electron chi connectivity index (χ1n) is 13.4. The van der Waals surface area contributed by atoms with Gasteiger partial charge in [0.1, 0.15) is 34.6 Å². The van der Waals surface area contributed by atoms with Crippen LogP contribution in [0.5, 0.6) is 5.75 Å². The number of carbonyl (C=O) groups is 1. The molecule has 0 bridgehead atoms. The van der Waals surface area contributed by atoms with Crippen molar-refractivity contribution in [2.45, 2.75) is 32.1 Å². The van der Waals surface area contributed by atoms with Gasteiger partial charge in [-0.15, -0.1) is 0 Å². The molecule has 0 atom stereocenters. The molecule has 1 aromatic carbocycles. The average Bonchev–Trinajstić information content (AvgIpc) is 3.65. The van der Waals surface area contributed by atoms with Gasteiger partial charge in [0.2, 0.25) is 0 Å². The third-order valence-electron chi connectivity index (χ3n) is 5.94. The van der Waals surface area contributed by atoms with E-state index in [0.717, 1.165) is 12.8 Å². The summed E-state index contributed by atoms with van der Waals surface area (Å²) >= 11 is 6.13. The van der Waals surface area contributed by atoms with Gasteiger partial charge < -0.3 is 25.8 Å². The molecule has 39 heavy (non-hydrogen) atoms. The van der Waals surface area contributed by atoms with Gasteiger partial charge in [0.05, 0.1) is 43.2 Å². The van der Waals surface area contributed by atoms with Gasteiger partial charge in [-0.1, -0.05) is 11.6 Å². The van der Waals surface area contributed by atoms with Crippen molar-refractivity contribution < 1.29 is 22.8 Å². The van der Waals surface area contributed by atoms with Gasteiger partial charge in [-0.3, -0.25) is 4.79 Å². The van der Waals surface area contributed by atoms with Crippen LogP contribution in [0.2, 0.25) is 5.15 Å². The first-order valence-corrected chi connectivity index (χ1v) is 12.3. The van der Waals surface area contributed by atoms with Crippen LogP contribution in [-0.2, 0) is 18.0 Å². The number of nitrogen functional groups attached to an aromatic ring is 1. The molecule has 0 unspecified atom stereocenters. The molecule has 0 saturated heterocycles. The van der Waals surface area contributed by atoms with Crippen LogP contribution >= 0.6 is 11.6 Å². The van der Waals surface area contributed by atoms with E-state index >= 15 is 0 Å². The molecule has 0 radical (unpaired) electrons. The number of amides is 1. The summed E-state index contributed by atoms with van der Waals surface area (Å²) < 4.78 is 49.7. The number of nitrogens with two attached hydrogens (primary N) is 1. The van der Waals surface area contributed by atoms with Crippen molar-refractivity contribution in [3.63, 3.8) is 0 Å². The number of anilines is 3. The zero-order valence-corrected chi connectivity index (χ0v) is 21.5. The van der Waals surface area contributed by atoms with Gasteiger partial charge in [0, 0.05) is 11.1 Å². The van der Waals surface area contributed by atoms with Crippen LogP contribution in [0.25, 0.3) is 11.4 Å². The van der Waals surface area contributed by atoms with E-state index < -0.39 is 18.7 Å². The second-order valence-electron chi connectivity index (χ2n) is 8.77. The number of pyridine rings is 2. The lowest BCUT2D eigenvalue weighted by molar-refractivity contribution is 0.0963. The minimum atomic E-state index is -2.72. The Balaban J connectivity index is 1.51. The van der Waals surface area contributed by atoms with Crippen LogP contribution in [0.1, 0.15) is 44.6 Å². The number of ether oxygens (including phenoxy) is 2. The van der Waals surface area contributed by atoms with E-state index in [4.69, 9.17) is 30.9 Å². The van der Waals surface area contributed by atoms with Crippen LogP contribution in [0, 0.1) is 5.82 Å². The summed E-state index contributed by atoms with van der Waals surface area (Å²) in [7, 11) is 1.46. The Bertz CT molecular complexity index is 1630. The third-order valence-corrected chi connectivity index (χ3v) is 6.15. The average molecular weight is 556 g/mol. The van der Waals surface area contributed by atoms with Crippen molar-refractivity contribution in [2.24, 2.45) is 0 Å². The second kappa shape index (κ2) is 11.2. The number of carbonyl (C=O) groups excluding carboxylic acids is 1. The maximum atomic E-state index is 14.2. The van der Waals surface area contributed by atoms with Crippen LogP contribution in [0.3, 0.4) is 0 Å². The lowest BCUT2D eigenvalue weighted by Crippen LogP contribution is -2.19. The molecular formula is C26H26ClFN8O3. The summed E-state index contributed by atoms with van der Waals surface area (Å²) in [5.41, 5.74) is 7.11. The Morgan fingerprint density at radius 2 is 2.10 bits per heavy atom. The van der Waals surface area contributed by atoms with Crippen molar-refractivity contribution >= 4 is 34.8 Å². The fraction of sp³-hybridized carbons (Fsp3) is 0.269. The van der Waals surface area contributed by atoms with Crippen molar-refractivity contribution in [1.82, 2.24) is 30.0 Å². The third kappa shape index (κ3) is 5.91. The van der Waals surface area contributed by atoms with Gasteiger partial charge in [-0.25, -0.2) is 24.0 Å². The molecule has 13 heteroatoms. The van der Waals surface area contributed by atoms with E-state index in [1.165, 1.54) is 31.4 Å². The SMILES string of the molecule is [2H]C([2H])([2H])NC(=O)c1ccc(Cl)nc1Nc1cc(COCc2nc(N)ccc2F)cc(-c2ncn(C3CC3)n2)c1OC. The van der Waals surface area contributed by atoms with E-state index in [-0.39, 0.29) is 47.3 Å². The number of nitrogens with zero attached hydrogens (tertiary/aromatic N) is 5. The lowest BCUT2D eigenvalue weighted by atomic mass is 10.1. The fourth-order valence-corrected chi connectivity index (χ4v) is 4.09. The Morgan fingerprint density at radius 3 is 2.87 bits per heavy atom. The first-order chi connectivity index (χ1) is 20.0. The van der Waals surface area contributed by atoms with E-state index in [9.17, 15) is 9.18 Å². The topological polar surface area (TPSA) is 142 Å². The Morgan fingerprint density at radius 1 is 1.26 bits per heavy atom. The van der Waals surface area contributed by atoms with E-state index in [2.05, 4.69) is 25.4 Å². The van der Waals surface area contributed by atoms with E-state index in [1.807, 2.05) is 5.32 Å². The fourth-order valence-electron chi connectivity index (χ4n) is 3.94. The van der Waals surface area contributed by atoms with Crippen molar-refractivity contribution in [3.05, 3.63) is 70.5 Å². The highest BCUT2D eigenvalue weighted by atomic mass is 35.5. The van der Waals surface area contributed by atoms with E-state index in [1.54, 1.807) is 23.1 Å². The van der Waals surface area contributed by atoms with E-state index in [0.29, 0.717) is 28.4 Å². The number of hydrogen-bond acceptors (Lipinski definition) is 9. The molecule has 0 aliphatic heterocycles. The summed E-state index contributed by atoms with van der Waals surface area (Å²) in [5, 5.41) is 9.66.